The van der Waals surface area contributed by atoms with Gasteiger partial charge < -0.3 is 14.8 Å². The van der Waals surface area contributed by atoms with Crippen molar-refractivity contribution in [3.63, 3.8) is 0 Å². The van der Waals surface area contributed by atoms with Crippen LogP contribution in [0.4, 0.5) is 5.69 Å². The number of benzene rings is 2. The number of hydrogen-bond donors (Lipinski definition) is 1. The first-order chi connectivity index (χ1) is 12.5. The fourth-order valence-electron chi connectivity index (χ4n) is 3.18. The largest absolute Gasteiger partial charge is 0.493 e. The molecule has 0 aromatic heterocycles. The molecule has 1 heterocycles. The molecule has 1 amide bonds. The topological polar surface area (TPSA) is 50.8 Å². The highest BCUT2D eigenvalue weighted by atomic mass is 35.5. The maximum absolute atomic E-state index is 12.6. The molecule has 1 N–H and O–H groups in total. The van der Waals surface area contributed by atoms with Crippen LogP contribution in [0, 0.1) is 0 Å². The Morgan fingerprint density at radius 2 is 1.73 bits per heavy atom. The Hall–Kier alpha value is -2.24. The molecule has 3 rings (SSSR count). The van der Waals surface area contributed by atoms with Crippen molar-refractivity contribution in [3.8, 4) is 11.5 Å². The molecule has 1 aliphatic heterocycles. The molecule has 2 aromatic carbocycles. The Morgan fingerprint density at radius 3 is 2.35 bits per heavy atom. The summed E-state index contributed by atoms with van der Waals surface area (Å²) in [5.41, 5.74) is 3.15. The van der Waals surface area contributed by atoms with Crippen LogP contribution in [0.1, 0.15) is 18.1 Å². The fourth-order valence-corrected chi connectivity index (χ4v) is 3.31. The molecule has 0 fully saturated rings. The Morgan fingerprint density at radius 1 is 1.12 bits per heavy atom. The van der Waals surface area contributed by atoms with Crippen LogP contribution in [0.3, 0.4) is 0 Å². The summed E-state index contributed by atoms with van der Waals surface area (Å²) in [6.07, 6.45) is 0.869. The molecule has 1 aliphatic rings. The van der Waals surface area contributed by atoms with Gasteiger partial charge in [-0.05, 0) is 60.9 Å². The molecule has 2 aromatic rings. The van der Waals surface area contributed by atoms with E-state index in [9.17, 15) is 4.79 Å². The number of rotatable bonds is 5. The van der Waals surface area contributed by atoms with Gasteiger partial charge in [0.2, 0.25) is 5.91 Å². The number of carbonyl (C=O) groups is 1. The van der Waals surface area contributed by atoms with E-state index in [1.165, 1.54) is 11.1 Å². The van der Waals surface area contributed by atoms with Gasteiger partial charge in [0.1, 0.15) is 0 Å². The summed E-state index contributed by atoms with van der Waals surface area (Å²) in [6, 6.07) is 10.9. The molecule has 6 heteroatoms. The number of anilines is 1. The van der Waals surface area contributed by atoms with E-state index < -0.39 is 0 Å². The molecule has 0 aliphatic carbocycles. The van der Waals surface area contributed by atoms with Gasteiger partial charge in [-0.15, -0.1) is 0 Å². The second-order valence-electron chi connectivity index (χ2n) is 6.37. The second-order valence-corrected chi connectivity index (χ2v) is 6.80. The van der Waals surface area contributed by atoms with Crippen molar-refractivity contribution in [3.05, 3.63) is 52.5 Å². The Bertz CT molecular complexity index is 792. The second kappa shape index (κ2) is 7.98. The van der Waals surface area contributed by atoms with Crippen LogP contribution in [-0.2, 0) is 17.8 Å². The number of ether oxygens (including phenoxy) is 2. The first kappa shape index (κ1) is 18.5. The first-order valence-electron chi connectivity index (χ1n) is 8.56. The van der Waals surface area contributed by atoms with Crippen molar-refractivity contribution >= 4 is 23.2 Å². The Labute approximate surface area is 158 Å². The number of hydrogen-bond acceptors (Lipinski definition) is 4. The van der Waals surface area contributed by atoms with Crippen LogP contribution >= 0.6 is 11.6 Å². The van der Waals surface area contributed by atoms with E-state index in [2.05, 4.69) is 10.2 Å². The normalized spacial score (nSPS) is 15.1. The molecule has 0 unspecified atom stereocenters. The summed E-state index contributed by atoms with van der Waals surface area (Å²) >= 11 is 5.89. The van der Waals surface area contributed by atoms with Crippen molar-refractivity contribution in [1.82, 2.24) is 4.90 Å². The number of nitrogens with one attached hydrogen (secondary N) is 1. The molecule has 0 spiro atoms. The number of amides is 1. The van der Waals surface area contributed by atoms with Gasteiger partial charge in [-0.1, -0.05) is 11.6 Å². The minimum absolute atomic E-state index is 0.0313. The summed E-state index contributed by atoms with van der Waals surface area (Å²) in [5.74, 6) is 1.43. The van der Waals surface area contributed by atoms with Gasteiger partial charge in [-0.3, -0.25) is 9.69 Å². The molecule has 138 valence electrons. The third-order valence-corrected chi connectivity index (χ3v) is 5.04. The van der Waals surface area contributed by atoms with E-state index in [0.29, 0.717) is 17.3 Å². The Balaban J connectivity index is 1.71. The summed E-state index contributed by atoms with van der Waals surface area (Å²) in [7, 11) is 3.27. The maximum atomic E-state index is 12.6. The molecule has 5 nitrogen and oxygen atoms in total. The number of nitrogens with zero attached hydrogens (tertiary/aromatic N) is 1. The quantitative estimate of drug-likeness (QED) is 0.866. The number of fused-ring (bicyclic) bond motifs is 1. The molecule has 1 atom stereocenters. The maximum Gasteiger partial charge on any atom is 0.241 e. The third kappa shape index (κ3) is 3.94. The van der Waals surface area contributed by atoms with Gasteiger partial charge in [-0.2, -0.15) is 0 Å². The lowest BCUT2D eigenvalue weighted by Gasteiger charge is -2.33. The van der Waals surface area contributed by atoms with Crippen LogP contribution in [0.15, 0.2) is 36.4 Å². The number of halogens is 1. The molecule has 0 bridgehead atoms. The monoisotopic (exact) mass is 374 g/mol. The third-order valence-electron chi connectivity index (χ3n) is 4.79. The number of methoxy groups -OCH3 is 2. The first-order valence-corrected chi connectivity index (χ1v) is 8.94. The molecular formula is C20H23ClN2O3. The van der Waals surface area contributed by atoms with Crippen molar-refractivity contribution in [2.75, 3.05) is 26.1 Å². The molecule has 0 saturated carbocycles. The summed E-state index contributed by atoms with van der Waals surface area (Å²) < 4.78 is 10.8. The minimum Gasteiger partial charge on any atom is -0.493 e. The van der Waals surface area contributed by atoms with Crippen molar-refractivity contribution in [2.24, 2.45) is 0 Å². The average molecular weight is 375 g/mol. The van der Waals surface area contributed by atoms with Gasteiger partial charge in [0.05, 0.1) is 20.3 Å². The van der Waals surface area contributed by atoms with Gasteiger partial charge in [0.15, 0.2) is 11.5 Å². The molecular weight excluding hydrogens is 352 g/mol. The van der Waals surface area contributed by atoms with Gasteiger partial charge in [0, 0.05) is 23.8 Å². The zero-order valence-corrected chi connectivity index (χ0v) is 16.0. The lowest BCUT2D eigenvalue weighted by Crippen LogP contribution is -2.44. The Kier molecular flexibility index (Phi) is 5.69. The van der Waals surface area contributed by atoms with E-state index in [1.54, 1.807) is 38.5 Å². The number of carbonyl (C=O) groups excluding carboxylic acids is 1. The van der Waals surface area contributed by atoms with Crippen molar-refractivity contribution in [2.45, 2.75) is 25.9 Å². The van der Waals surface area contributed by atoms with Gasteiger partial charge >= 0.3 is 0 Å². The summed E-state index contributed by atoms with van der Waals surface area (Å²) in [6.45, 7) is 3.44. The predicted octanol–water partition coefficient (Wildman–Crippen LogP) is 3.74. The highest BCUT2D eigenvalue weighted by Gasteiger charge is 2.26. The fraction of sp³-hybridized carbons (Fsp3) is 0.350. The van der Waals surface area contributed by atoms with E-state index in [1.807, 2.05) is 19.1 Å². The van der Waals surface area contributed by atoms with Crippen LogP contribution in [0.5, 0.6) is 11.5 Å². The molecule has 26 heavy (non-hydrogen) atoms. The van der Waals surface area contributed by atoms with Crippen LogP contribution < -0.4 is 14.8 Å². The van der Waals surface area contributed by atoms with Crippen molar-refractivity contribution in [1.29, 1.82) is 0 Å². The SMILES string of the molecule is COc1cc2c(cc1OC)CN([C@@H](C)C(=O)Nc1ccc(Cl)cc1)CC2. The van der Waals surface area contributed by atoms with Gasteiger partial charge in [0.25, 0.3) is 0 Å². The van der Waals surface area contributed by atoms with E-state index in [4.69, 9.17) is 21.1 Å². The molecule has 0 radical (unpaired) electrons. The van der Waals surface area contributed by atoms with Gasteiger partial charge in [-0.25, -0.2) is 0 Å². The van der Waals surface area contributed by atoms with E-state index >= 15 is 0 Å². The smallest absolute Gasteiger partial charge is 0.241 e. The average Bonchev–Trinajstić information content (AvgIpc) is 2.67. The lowest BCUT2D eigenvalue weighted by molar-refractivity contribution is -0.121. The van der Waals surface area contributed by atoms with Crippen LogP contribution in [0.2, 0.25) is 5.02 Å². The van der Waals surface area contributed by atoms with Crippen LogP contribution in [-0.4, -0.2) is 37.6 Å². The standard InChI is InChI=1S/C20H23ClN2O3/c1-13(20(24)22-17-6-4-16(21)5-7-17)23-9-8-14-10-18(25-2)19(26-3)11-15(14)12-23/h4-7,10-11,13H,8-9,12H2,1-3H3,(H,22,24)/t13-/m0/s1. The van der Waals surface area contributed by atoms with Crippen LogP contribution in [0.25, 0.3) is 0 Å². The minimum atomic E-state index is -0.244. The highest BCUT2D eigenvalue weighted by Crippen LogP contribution is 2.33. The lowest BCUT2D eigenvalue weighted by atomic mass is 9.97. The predicted molar refractivity (Wildman–Crippen MR) is 103 cm³/mol. The zero-order valence-electron chi connectivity index (χ0n) is 15.2. The van der Waals surface area contributed by atoms with E-state index in [0.717, 1.165) is 24.4 Å². The summed E-state index contributed by atoms with van der Waals surface area (Å²) in [5, 5.41) is 3.59. The highest BCUT2D eigenvalue weighted by molar-refractivity contribution is 6.30. The zero-order chi connectivity index (χ0) is 18.7. The van der Waals surface area contributed by atoms with Crippen molar-refractivity contribution < 1.29 is 14.3 Å². The van der Waals surface area contributed by atoms with E-state index in [-0.39, 0.29) is 11.9 Å². The molecule has 0 saturated heterocycles. The summed E-state index contributed by atoms with van der Waals surface area (Å²) in [4.78, 5) is 14.8.